The maximum Gasteiger partial charge on any atom is 0.263 e. The molecule has 0 saturated heterocycles. The Morgan fingerprint density at radius 2 is 1.79 bits per heavy atom. The Bertz CT molecular complexity index is 983. The molecule has 0 aliphatic heterocycles. The van der Waals surface area contributed by atoms with Gasteiger partial charge < -0.3 is 0 Å². The molecule has 1 heterocycles. The van der Waals surface area contributed by atoms with E-state index in [4.69, 9.17) is 11.6 Å². The van der Waals surface area contributed by atoms with Gasteiger partial charge in [0.25, 0.3) is 10.0 Å². The van der Waals surface area contributed by atoms with Gasteiger partial charge in [0, 0.05) is 16.0 Å². The molecule has 2 aromatic carbocycles. The minimum atomic E-state index is -3.72. The first-order chi connectivity index (χ1) is 11.4. The van der Waals surface area contributed by atoms with Gasteiger partial charge in [0.05, 0.1) is 4.90 Å². The number of thiazole rings is 1. The van der Waals surface area contributed by atoms with E-state index in [1.807, 2.05) is 30.3 Å². The Morgan fingerprint density at radius 3 is 2.50 bits per heavy atom. The maximum atomic E-state index is 12.6. The van der Waals surface area contributed by atoms with Crippen molar-refractivity contribution in [1.29, 1.82) is 0 Å². The van der Waals surface area contributed by atoms with E-state index in [0.717, 1.165) is 10.6 Å². The topological polar surface area (TPSA) is 59.1 Å². The van der Waals surface area contributed by atoms with Crippen molar-refractivity contribution in [2.24, 2.45) is 0 Å². The quantitative estimate of drug-likeness (QED) is 0.703. The van der Waals surface area contributed by atoms with E-state index in [-0.39, 0.29) is 4.90 Å². The fourth-order valence-electron chi connectivity index (χ4n) is 2.27. The molecule has 0 amide bonds. The number of nitrogens with zero attached hydrogens (tertiary/aromatic N) is 1. The molecule has 0 unspecified atom stereocenters. The predicted octanol–water partition coefficient (Wildman–Crippen LogP) is 4.88. The molecule has 1 aromatic heterocycles. The Kier molecular flexibility index (Phi) is 4.62. The van der Waals surface area contributed by atoms with Crippen LogP contribution in [-0.2, 0) is 10.0 Å². The number of benzene rings is 2. The van der Waals surface area contributed by atoms with Gasteiger partial charge in [0.1, 0.15) is 5.01 Å². The summed E-state index contributed by atoms with van der Waals surface area (Å²) in [6.07, 6.45) is 0. The minimum absolute atomic E-state index is 0.207. The van der Waals surface area contributed by atoms with Crippen molar-refractivity contribution in [2.75, 3.05) is 4.72 Å². The molecule has 24 heavy (non-hydrogen) atoms. The van der Waals surface area contributed by atoms with Crippen LogP contribution in [0.15, 0.2) is 52.7 Å². The third-order valence-electron chi connectivity index (χ3n) is 3.51. The zero-order chi connectivity index (χ0) is 17.3. The van der Waals surface area contributed by atoms with Gasteiger partial charge in [-0.25, -0.2) is 13.4 Å². The van der Waals surface area contributed by atoms with Crippen molar-refractivity contribution in [2.45, 2.75) is 18.7 Å². The predicted molar refractivity (Wildman–Crippen MR) is 99.3 cm³/mol. The largest absolute Gasteiger partial charge is 0.263 e. The van der Waals surface area contributed by atoms with Gasteiger partial charge in [-0.2, -0.15) is 0 Å². The van der Waals surface area contributed by atoms with Crippen LogP contribution in [0.2, 0.25) is 5.02 Å². The van der Waals surface area contributed by atoms with Crippen molar-refractivity contribution in [3.8, 4) is 10.6 Å². The summed E-state index contributed by atoms with van der Waals surface area (Å²) in [6, 6.07) is 12.9. The summed E-state index contributed by atoms with van der Waals surface area (Å²) in [5.74, 6) is 0.311. The van der Waals surface area contributed by atoms with E-state index in [9.17, 15) is 8.42 Å². The monoisotopic (exact) mass is 378 g/mol. The molecule has 3 rings (SSSR count). The molecule has 0 fully saturated rings. The maximum absolute atomic E-state index is 12.6. The lowest BCUT2D eigenvalue weighted by Crippen LogP contribution is -2.14. The van der Waals surface area contributed by atoms with Gasteiger partial charge in [-0.05, 0) is 37.1 Å². The minimum Gasteiger partial charge on any atom is -0.263 e. The van der Waals surface area contributed by atoms with Crippen LogP contribution < -0.4 is 4.72 Å². The van der Waals surface area contributed by atoms with Gasteiger partial charge in [-0.1, -0.05) is 41.9 Å². The van der Waals surface area contributed by atoms with Crippen LogP contribution in [0.5, 0.6) is 0 Å². The number of aryl methyl sites for hydroxylation is 2. The smallest absolute Gasteiger partial charge is 0.263 e. The Labute approximate surface area is 150 Å². The van der Waals surface area contributed by atoms with Crippen molar-refractivity contribution in [1.82, 2.24) is 4.98 Å². The van der Waals surface area contributed by atoms with Gasteiger partial charge in [0.2, 0.25) is 0 Å². The second-order valence-electron chi connectivity index (χ2n) is 5.38. The molecule has 0 aliphatic rings. The number of hydrogen-bond acceptors (Lipinski definition) is 4. The van der Waals surface area contributed by atoms with Gasteiger partial charge in [-0.15, -0.1) is 11.3 Å². The lowest BCUT2D eigenvalue weighted by Gasteiger charge is -2.10. The SMILES string of the molecule is Cc1cc(S(=O)(=O)Nc2csc(-c3ccccc3)n2)c(C)cc1Cl. The third-order valence-corrected chi connectivity index (χ3v) is 6.30. The fraction of sp³-hybridized carbons (Fsp3) is 0.118. The highest BCUT2D eigenvalue weighted by Crippen LogP contribution is 2.29. The zero-order valence-electron chi connectivity index (χ0n) is 13.1. The highest BCUT2D eigenvalue weighted by molar-refractivity contribution is 7.92. The number of nitrogens with one attached hydrogen (secondary N) is 1. The summed E-state index contributed by atoms with van der Waals surface area (Å²) in [6.45, 7) is 3.49. The third kappa shape index (κ3) is 3.45. The first-order valence-electron chi connectivity index (χ1n) is 7.17. The summed E-state index contributed by atoms with van der Waals surface area (Å²) in [7, 11) is -3.72. The first kappa shape index (κ1) is 17.0. The molecule has 4 nitrogen and oxygen atoms in total. The first-order valence-corrected chi connectivity index (χ1v) is 9.91. The average molecular weight is 379 g/mol. The molecule has 0 saturated carbocycles. The second kappa shape index (κ2) is 6.55. The number of aromatic nitrogens is 1. The van der Waals surface area contributed by atoms with Crippen LogP contribution in [0.4, 0.5) is 5.82 Å². The van der Waals surface area contributed by atoms with E-state index in [1.54, 1.807) is 31.4 Å². The molecule has 0 spiro atoms. The number of hydrogen-bond donors (Lipinski definition) is 1. The standard InChI is InChI=1S/C17H15ClN2O2S2/c1-11-9-15(12(2)8-14(11)18)24(21,22)20-16-10-23-17(19-16)13-6-4-3-5-7-13/h3-10,20H,1-2H3. The van der Waals surface area contributed by atoms with Crippen LogP contribution in [0.25, 0.3) is 10.6 Å². The summed E-state index contributed by atoms with van der Waals surface area (Å²) >= 11 is 7.43. The van der Waals surface area contributed by atoms with Gasteiger partial charge in [0.15, 0.2) is 5.82 Å². The highest BCUT2D eigenvalue weighted by Gasteiger charge is 2.19. The van der Waals surface area contributed by atoms with E-state index in [1.165, 1.54) is 11.3 Å². The van der Waals surface area contributed by atoms with Crippen molar-refractivity contribution in [3.63, 3.8) is 0 Å². The molecule has 3 aromatic rings. The number of rotatable bonds is 4. The summed E-state index contributed by atoms with van der Waals surface area (Å²) < 4.78 is 27.8. The Morgan fingerprint density at radius 1 is 1.08 bits per heavy atom. The van der Waals surface area contributed by atoms with Crippen molar-refractivity contribution >= 4 is 38.8 Å². The van der Waals surface area contributed by atoms with E-state index in [0.29, 0.717) is 22.0 Å². The van der Waals surface area contributed by atoms with Crippen LogP contribution >= 0.6 is 22.9 Å². The van der Waals surface area contributed by atoms with Gasteiger partial charge >= 0.3 is 0 Å². The molecule has 124 valence electrons. The lowest BCUT2D eigenvalue weighted by atomic mass is 10.2. The lowest BCUT2D eigenvalue weighted by molar-refractivity contribution is 0.600. The van der Waals surface area contributed by atoms with E-state index < -0.39 is 10.0 Å². The summed E-state index contributed by atoms with van der Waals surface area (Å²) in [4.78, 5) is 4.57. The molecular formula is C17H15ClN2O2S2. The van der Waals surface area contributed by atoms with Crippen molar-refractivity contribution < 1.29 is 8.42 Å². The molecule has 0 atom stereocenters. The Hall–Kier alpha value is -1.89. The van der Waals surface area contributed by atoms with Crippen molar-refractivity contribution in [3.05, 3.63) is 64.0 Å². The summed E-state index contributed by atoms with van der Waals surface area (Å²) in [5.41, 5.74) is 2.26. The molecule has 7 heteroatoms. The zero-order valence-corrected chi connectivity index (χ0v) is 15.5. The van der Waals surface area contributed by atoms with Gasteiger partial charge in [-0.3, -0.25) is 4.72 Å². The molecule has 0 aliphatic carbocycles. The fourth-order valence-corrected chi connectivity index (χ4v) is 4.63. The van der Waals surface area contributed by atoms with E-state index in [2.05, 4.69) is 9.71 Å². The van der Waals surface area contributed by atoms with Crippen LogP contribution in [0.3, 0.4) is 0 Å². The van der Waals surface area contributed by atoms with Crippen LogP contribution in [0.1, 0.15) is 11.1 Å². The highest BCUT2D eigenvalue weighted by atomic mass is 35.5. The Balaban J connectivity index is 1.91. The molecule has 0 bridgehead atoms. The average Bonchev–Trinajstić information content (AvgIpc) is 2.99. The number of sulfonamides is 1. The number of anilines is 1. The second-order valence-corrected chi connectivity index (χ2v) is 8.29. The molecule has 0 radical (unpaired) electrons. The van der Waals surface area contributed by atoms with E-state index >= 15 is 0 Å². The number of halogens is 1. The summed E-state index contributed by atoms with van der Waals surface area (Å²) in [5, 5.41) is 3.00. The normalized spacial score (nSPS) is 11.5. The molecule has 1 N–H and O–H groups in total. The molecular weight excluding hydrogens is 364 g/mol. The van der Waals surface area contributed by atoms with Crippen LogP contribution in [0, 0.1) is 13.8 Å². The van der Waals surface area contributed by atoms with Crippen LogP contribution in [-0.4, -0.2) is 13.4 Å².